The van der Waals surface area contributed by atoms with Crippen LogP contribution >= 0.6 is 0 Å². The molecule has 9 heteroatoms. The Morgan fingerprint density at radius 1 is 0.609 bits per heavy atom. The summed E-state index contributed by atoms with van der Waals surface area (Å²) in [4.78, 5) is 0. The summed E-state index contributed by atoms with van der Waals surface area (Å²) in [7, 11) is -8.25. The molecule has 0 aliphatic carbocycles. The van der Waals surface area contributed by atoms with Gasteiger partial charge in [0.15, 0.2) is 0 Å². The van der Waals surface area contributed by atoms with Gasteiger partial charge >= 0.3 is 23.9 Å². The number of rotatable bonds is 4. The van der Waals surface area contributed by atoms with Crippen LogP contribution in [-0.4, -0.2) is 49.8 Å². The third-order valence-corrected chi connectivity index (χ3v) is 3.75. The van der Waals surface area contributed by atoms with E-state index < -0.39 is 31.7 Å². The number of hydrogen-bond donors (Lipinski definition) is 0. The number of hydrogen-bond acceptors (Lipinski definition) is 6. The standard InChI is InChI=1S/2C7H8O3S.Sn/c2*8-11(9,10)6-7-4-2-1-3-5-7;/h2*1-5H,6H2,(H,8,9,10);/q;;+2/p-2. The summed E-state index contributed by atoms with van der Waals surface area (Å²) in [6, 6.07) is 16.7. The second kappa shape index (κ2) is 10.0. The topological polar surface area (TPSA) is 114 Å². The Labute approximate surface area is 153 Å². The van der Waals surface area contributed by atoms with Crippen molar-refractivity contribution >= 4 is 44.1 Å². The van der Waals surface area contributed by atoms with Crippen LogP contribution in [0.15, 0.2) is 60.7 Å². The van der Waals surface area contributed by atoms with Gasteiger partial charge in [-0.1, -0.05) is 60.7 Å². The first-order chi connectivity index (χ1) is 10.2. The molecular weight excluding hydrogens is 447 g/mol. The fourth-order valence-electron chi connectivity index (χ4n) is 1.56. The number of benzene rings is 2. The van der Waals surface area contributed by atoms with Crippen molar-refractivity contribution in [2.45, 2.75) is 11.5 Å². The normalized spacial score (nSPS) is 10.9. The summed E-state index contributed by atoms with van der Waals surface area (Å²) in [6.45, 7) is 0. The van der Waals surface area contributed by atoms with Gasteiger partial charge in [-0.2, -0.15) is 0 Å². The fourth-order valence-corrected chi connectivity index (χ4v) is 2.76. The molecule has 0 aliphatic heterocycles. The minimum absolute atomic E-state index is 0. The Balaban J connectivity index is 0.000000403. The van der Waals surface area contributed by atoms with Crippen LogP contribution < -0.4 is 0 Å². The maximum atomic E-state index is 10.2. The molecule has 0 aliphatic rings. The van der Waals surface area contributed by atoms with E-state index in [1.807, 2.05) is 0 Å². The van der Waals surface area contributed by atoms with E-state index >= 15 is 0 Å². The zero-order chi connectivity index (χ0) is 16.6. The quantitative estimate of drug-likeness (QED) is 0.498. The van der Waals surface area contributed by atoms with Crippen LogP contribution in [0.2, 0.25) is 0 Å². The van der Waals surface area contributed by atoms with Gasteiger partial charge < -0.3 is 9.11 Å². The van der Waals surface area contributed by atoms with Crippen LogP contribution in [0, 0.1) is 0 Å². The van der Waals surface area contributed by atoms with E-state index in [1.54, 1.807) is 60.7 Å². The van der Waals surface area contributed by atoms with Crippen molar-refractivity contribution in [1.82, 2.24) is 0 Å². The first-order valence-corrected chi connectivity index (χ1v) is 9.26. The molecule has 2 radical (unpaired) electrons. The summed E-state index contributed by atoms with van der Waals surface area (Å²) >= 11 is 0. The molecule has 0 heterocycles. The van der Waals surface area contributed by atoms with Crippen LogP contribution in [0.5, 0.6) is 0 Å². The van der Waals surface area contributed by atoms with E-state index in [0.717, 1.165) is 0 Å². The smallest absolute Gasteiger partial charge is 0.748 e. The molecule has 0 fully saturated rings. The molecule has 2 aromatic carbocycles. The first-order valence-electron chi connectivity index (χ1n) is 6.11. The van der Waals surface area contributed by atoms with E-state index in [0.29, 0.717) is 11.1 Å². The third-order valence-electron chi connectivity index (χ3n) is 2.37. The van der Waals surface area contributed by atoms with Crippen molar-refractivity contribution in [3.05, 3.63) is 71.8 Å². The Hall–Kier alpha value is -0.941. The predicted octanol–water partition coefficient (Wildman–Crippen LogP) is 1.08. The van der Waals surface area contributed by atoms with Gasteiger partial charge in [0.2, 0.25) is 0 Å². The van der Waals surface area contributed by atoms with Crippen molar-refractivity contribution in [2.75, 3.05) is 0 Å². The monoisotopic (exact) mass is 462 g/mol. The average molecular weight is 461 g/mol. The molecule has 23 heavy (non-hydrogen) atoms. The molecule has 0 amide bonds. The van der Waals surface area contributed by atoms with Crippen molar-refractivity contribution in [1.29, 1.82) is 0 Å². The van der Waals surface area contributed by atoms with E-state index in [-0.39, 0.29) is 23.9 Å². The zero-order valence-corrected chi connectivity index (χ0v) is 16.4. The molecule has 0 N–H and O–H groups in total. The Bertz CT molecular complexity index is 705. The van der Waals surface area contributed by atoms with Crippen LogP contribution in [0.4, 0.5) is 0 Å². The average Bonchev–Trinajstić information content (AvgIpc) is 2.38. The summed E-state index contributed by atoms with van der Waals surface area (Å²) in [5, 5.41) is 0. The maximum Gasteiger partial charge on any atom is 2.00 e. The molecule has 0 unspecified atom stereocenters. The minimum atomic E-state index is -4.13. The molecule has 0 saturated carbocycles. The van der Waals surface area contributed by atoms with Gasteiger partial charge in [-0.3, -0.25) is 0 Å². The van der Waals surface area contributed by atoms with E-state index in [9.17, 15) is 25.9 Å². The van der Waals surface area contributed by atoms with Crippen LogP contribution in [0.25, 0.3) is 0 Å². The molecule has 0 bridgehead atoms. The molecular formula is C14H14O6S2Sn. The summed E-state index contributed by atoms with van der Waals surface area (Å²) in [5.74, 6) is -0.846. The van der Waals surface area contributed by atoms with E-state index in [2.05, 4.69) is 0 Å². The molecule has 0 atom stereocenters. The van der Waals surface area contributed by atoms with Gasteiger partial charge in [0, 0.05) is 0 Å². The van der Waals surface area contributed by atoms with Gasteiger partial charge in [0.25, 0.3) is 0 Å². The van der Waals surface area contributed by atoms with Gasteiger partial charge in [-0.15, -0.1) is 0 Å². The molecule has 2 aromatic rings. The Morgan fingerprint density at radius 3 is 1.09 bits per heavy atom. The molecule has 0 aromatic heterocycles. The maximum absolute atomic E-state index is 10.2. The Kier molecular flexibility index (Phi) is 9.62. The molecule has 6 nitrogen and oxygen atoms in total. The van der Waals surface area contributed by atoms with Crippen molar-refractivity contribution < 1.29 is 25.9 Å². The molecule has 122 valence electrons. The van der Waals surface area contributed by atoms with Crippen LogP contribution in [0.3, 0.4) is 0 Å². The van der Waals surface area contributed by atoms with E-state index in [4.69, 9.17) is 0 Å². The SMILES string of the molecule is O=S(=O)([O-])Cc1ccccc1.O=S(=O)([O-])Cc1ccccc1.[Sn+2]. The largest absolute Gasteiger partial charge is 2.00 e. The van der Waals surface area contributed by atoms with Crippen molar-refractivity contribution in [3.63, 3.8) is 0 Å². The van der Waals surface area contributed by atoms with Gasteiger partial charge in [0.05, 0.1) is 31.7 Å². The van der Waals surface area contributed by atoms with Crippen LogP contribution in [0.1, 0.15) is 11.1 Å². The summed E-state index contributed by atoms with van der Waals surface area (Å²) in [6.07, 6.45) is 0. The van der Waals surface area contributed by atoms with E-state index in [1.165, 1.54) is 0 Å². The van der Waals surface area contributed by atoms with Crippen LogP contribution in [-0.2, 0) is 31.7 Å². The van der Waals surface area contributed by atoms with Gasteiger partial charge in [0.1, 0.15) is 0 Å². The van der Waals surface area contributed by atoms with Gasteiger partial charge in [-0.25, -0.2) is 16.8 Å². The second-order valence-corrected chi connectivity index (χ2v) is 7.18. The molecule has 0 saturated heterocycles. The summed E-state index contributed by atoms with van der Waals surface area (Å²) in [5.41, 5.74) is 1.06. The molecule has 2 rings (SSSR count). The minimum Gasteiger partial charge on any atom is -0.748 e. The summed E-state index contributed by atoms with van der Waals surface area (Å²) < 4.78 is 61.5. The molecule has 0 spiro atoms. The second-order valence-electron chi connectivity index (χ2n) is 4.38. The zero-order valence-electron chi connectivity index (χ0n) is 12.0. The van der Waals surface area contributed by atoms with Crippen molar-refractivity contribution in [2.24, 2.45) is 0 Å². The predicted molar refractivity (Wildman–Crippen MR) is 85.4 cm³/mol. The first kappa shape index (κ1) is 22.1. The van der Waals surface area contributed by atoms with Gasteiger partial charge in [-0.05, 0) is 11.1 Å². The Morgan fingerprint density at radius 2 is 0.870 bits per heavy atom. The third kappa shape index (κ3) is 12.2. The van der Waals surface area contributed by atoms with Crippen molar-refractivity contribution in [3.8, 4) is 0 Å². The fraction of sp³-hybridized carbons (Fsp3) is 0.143.